The van der Waals surface area contributed by atoms with Gasteiger partial charge in [0.1, 0.15) is 11.6 Å². The number of aromatic nitrogens is 2. The van der Waals surface area contributed by atoms with Crippen molar-refractivity contribution in [1.82, 2.24) is 9.97 Å². The maximum atomic E-state index is 5.44. The van der Waals surface area contributed by atoms with Crippen molar-refractivity contribution in [2.75, 3.05) is 43.1 Å². The van der Waals surface area contributed by atoms with E-state index in [4.69, 9.17) is 9.47 Å². The molecule has 1 fully saturated rings. The van der Waals surface area contributed by atoms with Gasteiger partial charge in [-0.3, -0.25) is 0 Å². The zero-order valence-corrected chi connectivity index (χ0v) is 12.7. The first-order valence-corrected chi connectivity index (χ1v) is 7.51. The van der Waals surface area contributed by atoms with Gasteiger partial charge in [0.25, 0.3) is 0 Å². The molecular formula is C16H20N4O2. The van der Waals surface area contributed by atoms with Gasteiger partial charge >= 0.3 is 0 Å². The van der Waals surface area contributed by atoms with Crippen LogP contribution in [0.5, 0.6) is 5.75 Å². The third-order valence-corrected chi connectivity index (χ3v) is 3.37. The predicted molar refractivity (Wildman–Crippen MR) is 86.0 cm³/mol. The van der Waals surface area contributed by atoms with Crippen molar-refractivity contribution in [3.05, 3.63) is 36.5 Å². The molecule has 1 aromatic carbocycles. The summed E-state index contributed by atoms with van der Waals surface area (Å²) in [6, 6.07) is 9.69. The molecule has 1 saturated heterocycles. The van der Waals surface area contributed by atoms with Crippen molar-refractivity contribution in [2.24, 2.45) is 0 Å². The monoisotopic (exact) mass is 300 g/mol. The minimum absolute atomic E-state index is 0.668. The van der Waals surface area contributed by atoms with E-state index in [1.807, 2.05) is 37.3 Å². The van der Waals surface area contributed by atoms with Gasteiger partial charge in [0.15, 0.2) is 0 Å². The van der Waals surface area contributed by atoms with Crippen LogP contribution in [0.25, 0.3) is 0 Å². The Balaban J connectivity index is 1.69. The van der Waals surface area contributed by atoms with Gasteiger partial charge in [0.2, 0.25) is 5.95 Å². The fourth-order valence-electron chi connectivity index (χ4n) is 2.28. The lowest BCUT2D eigenvalue weighted by Crippen LogP contribution is -2.37. The van der Waals surface area contributed by atoms with Crippen LogP contribution in [0.15, 0.2) is 36.5 Å². The van der Waals surface area contributed by atoms with Crippen LogP contribution in [-0.2, 0) is 4.74 Å². The summed E-state index contributed by atoms with van der Waals surface area (Å²) in [4.78, 5) is 11.0. The van der Waals surface area contributed by atoms with E-state index in [2.05, 4.69) is 20.2 Å². The van der Waals surface area contributed by atoms with Gasteiger partial charge in [-0.2, -0.15) is 4.98 Å². The Morgan fingerprint density at radius 2 is 1.95 bits per heavy atom. The highest BCUT2D eigenvalue weighted by Crippen LogP contribution is 2.20. The molecule has 0 unspecified atom stereocenters. The SMILES string of the molecule is CCOc1ccc(Nc2ccnc(N3CCOCC3)n2)cc1. The Morgan fingerprint density at radius 3 is 2.68 bits per heavy atom. The fraction of sp³-hybridized carbons (Fsp3) is 0.375. The van der Waals surface area contributed by atoms with E-state index in [1.165, 1.54) is 0 Å². The molecule has 1 N–H and O–H groups in total. The number of morpholine rings is 1. The predicted octanol–water partition coefficient (Wildman–Crippen LogP) is 2.46. The zero-order chi connectivity index (χ0) is 15.2. The number of benzene rings is 1. The van der Waals surface area contributed by atoms with E-state index in [1.54, 1.807) is 6.20 Å². The number of nitrogens with one attached hydrogen (secondary N) is 1. The van der Waals surface area contributed by atoms with E-state index in [0.717, 1.165) is 49.5 Å². The van der Waals surface area contributed by atoms with Crippen LogP contribution < -0.4 is 15.0 Å². The molecule has 3 rings (SSSR count). The van der Waals surface area contributed by atoms with Gasteiger partial charge in [0, 0.05) is 25.0 Å². The molecule has 2 heterocycles. The summed E-state index contributed by atoms with van der Waals surface area (Å²) in [7, 11) is 0. The first kappa shape index (κ1) is 14.6. The van der Waals surface area contributed by atoms with Crippen LogP contribution in [0.2, 0.25) is 0 Å². The molecule has 1 aliphatic rings. The highest BCUT2D eigenvalue weighted by atomic mass is 16.5. The van der Waals surface area contributed by atoms with Crippen molar-refractivity contribution >= 4 is 17.5 Å². The minimum atomic E-state index is 0.668. The largest absolute Gasteiger partial charge is 0.494 e. The zero-order valence-electron chi connectivity index (χ0n) is 12.7. The van der Waals surface area contributed by atoms with Crippen LogP contribution in [0.4, 0.5) is 17.5 Å². The van der Waals surface area contributed by atoms with Crippen LogP contribution >= 0.6 is 0 Å². The summed E-state index contributed by atoms with van der Waals surface area (Å²) in [5.74, 6) is 2.38. The molecule has 0 saturated carbocycles. The Hall–Kier alpha value is -2.34. The molecule has 22 heavy (non-hydrogen) atoms. The Bertz CT molecular complexity index is 597. The molecule has 1 aromatic heterocycles. The van der Waals surface area contributed by atoms with E-state index < -0.39 is 0 Å². The topological polar surface area (TPSA) is 59.5 Å². The van der Waals surface area contributed by atoms with Gasteiger partial charge in [-0.15, -0.1) is 0 Å². The van der Waals surface area contributed by atoms with Crippen molar-refractivity contribution in [3.63, 3.8) is 0 Å². The molecule has 6 nitrogen and oxygen atoms in total. The third kappa shape index (κ3) is 3.65. The summed E-state index contributed by atoms with van der Waals surface area (Å²) < 4.78 is 10.8. The summed E-state index contributed by atoms with van der Waals surface area (Å²) in [6.07, 6.45) is 1.77. The lowest BCUT2D eigenvalue weighted by atomic mass is 10.3. The number of nitrogens with zero attached hydrogens (tertiary/aromatic N) is 3. The van der Waals surface area contributed by atoms with Gasteiger partial charge < -0.3 is 19.7 Å². The second kappa shape index (κ2) is 7.09. The molecule has 0 spiro atoms. The number of rotatable bonds is 5. The Morgan fingerprint density at radius 1 is 1.18 bits per heavy atom. The normalized spacial score (nSPS) is 14.7. The quantitative estimate of drug-likeness (QED) is 0.915. The van der Waals surface area contributed by atoms with Crippen LogP contribution in [0.3, 0.4) is 0 Å². The average molecular weight is 300 g/mol. The highest BCUT2D eigenvalue weighted by molar-refractivity contribution is 5.58. The lowest BCUT2D eigenvalue weighted by Gasteiger charge is -2.26. The van der Waals surface area contributed by atoms with Gasteiger partial charge in [-0.05, 0) is 37.3 Å². The first-order chi connectivity index (χ1) is 10.8. The standard InChI is InChI=1S/C16H20N4O2/c1-2-22-14-5-3-13(4-6-14)18-15-7-8-17-16(19-15)20-9-11-21-12-10-20/h3-8H,2,9-12H2,1H3,(H,17,18,19). The van der Waals surface area contributed by atoms with E-state index in [0.29, 0.717) is 6.61 Å². The number of anilines is 3. The first-order valence-electron chi connectivity index (χ1n) is 7.51. The van der Waals surface area contributed by atoms with Gasteiger partial charge in [0.05, 0.1) is 19.8 Å². The molecule has 2 aromatic rings. The van der Waals surface area contributed by atoms with Crippen molar-refractivity contribution in [3.8, 4) is 5.75 Å². The summed E-state index contributed by atoms with van der Waals surface area (Å²) >= 11 is 0. The molecule has 0 atom stereocenters. The molecule has 0 radical (unpaired) electrons. The minimum Gasteiger partial charge on any atom is -0.494 e. The van der Waals surface area contributed by atoms with E-state index >= 15 is 0 Å². The summed E-state index contributed by atoms with van der Waals surface area (Å²) in [6.45, 7) is 5.74. The second-order valence-corrected chi connectivity index (χ2v) is 4.92. The second-order valence-electron chi connectivity index (χ2n) is 4.92. The third-order valence-electron chi connectivity index (χ3n) is 3.37. The number of hydrogen-bond donors (Lipinski definition) is 1. The fourth-order valence-corrected chi connectivity index (χ4v) is 2.28. The maximum absolute atomic E-state index is 5.44. The molecule has 116 valence electrons. The molecule has 1 aliphatic heterocycles. The van der Waals surface area contributed by atoms with Crippen molar-refractivity contribution < 1.29 is 9.47 Å². The number of hydrogen-bond acceptors (Lipinski definition) is 6. The van der Waals surface area contributed by atoms with Gasteiger partial charge in [-0.1, -0.05) is 0 Å². The summed E-state index contributed by atoms with van der Waals surface area (Å²) in [5.41, 5.74) is 0.968. The lowest BCUT2D eigenvalue weighted by molar-refractivity contribution is 0.122. The van der Waals surface area contributed by atoms with Crippen LogP contribution in [0.1, 0.15) is 6.92 Å². The Labute approximate surface area is 130 Å². The average Bonchev–Trinajstić information content (AvgIpc) is 2.58. The Kier molecular flexibility index (Phi) is 4.70. The molecule has 0 bridgehead atoms. The highest BCUT2D eigenvalue weighted by Gasteiger charge is 2.13. The molecular weight excluding hydrogens is 280 g/mol. The molecule has 0 amide bonds. The van der Waals surface area contributed by atoms with E-state index in [9.17, 15) is 0 Å². The van der Waals surface area contributed by atoms with Crippen LogP contribution in [-0.4, -0.2) is 42.9 Å². The van der Waals surface area contributed by atoms with Gasteiger partial charge in [-0.25, -0.2) is 4.98 Å². The van der Waals surface area contributed by atoms with Crippen molar-refractivity contribution in [2.45, 2.75) is 6.92 Å². The molecule has 0 aliphatic carbocycles. The smallest absolute Gasteiger partial charge is 0.227 e. The number of ether oxygens (including phenoxy) is 2. The van der Waals surface area contributed by atoms with Crippen LogP contribution in [0, 0.1) is 0 Å². The molecule has 6 heteroatoms. The maximum Gasteiger partial charge on any atom is 0.227 e. The van der Waals surface area contributed by atoms with E-state index in [-0.39, 0.29) is 0 Å². The van der Waals surface area contributed by atoms with Crippen molar-refractivity contribution in [1.29, 1.82) is 0 Å². The summed E-state index contributed by atoms with van der Waals surface area (Å²) in [5, 5.41) is 3.29.